The molecule has 0 aliphatic heterocycles. The molecule has 0 aromatic rings. The maximum Gasteiger partial charge on any atom is 0.153 e. The van der Waals surface area contributed by atoms with Gasteiger partial charge in [-0.2, -0.15) is 0 Å². The monoisotopic (exact) mass is 191 g/mol. The van der Waals surface area contributed by atoms with Crippen molar-refractivity contribution in [1.29, 1.82) is 0 Å². The zero-order chi connectivity index (χ0) is 9.03. The molecule has 1 fully saturated rings. The Labute approximate surface area is 74.5 Å². The number of rotatable bonds is 5. The lowest BCUT2D eigenvalue weighted by Crippen LogP contribution is -2.31. The van der Waals surface area contributed by atoms with E-state index in [0.29, 0.717) is 5.75 Å². The van der Waals surface area contributed by atoms with E-state index in [4.69, 9.17) is 0 Å². The van der Waals surface area contributed by atoms with Crippen LogP contribution in [0.15, 0.2) is 0 Å². The van der Waals surface area contributed by atoms with Gasteiger partial charge in [-0.15, -0.1) is 0 Å². The van der Waals surface area contributed by atoms with Crippen LogP contribution in [0.25, 0.3) is 0 Å². The molecule has 0 bridgehead atoms. The maximum atomic E-state index is 11.5. The lowest BCUT2D eigenvalue weighted by molar-refractivity contribution is 0.475. The first-order chi connectivity index (χ1) is 5.67. The average Bonchev–Trinajstić information content (AvgIpc) is 1.82. The molecule has 1 N–H and O–H groups in total. The summed E-state index contributed by atoms with van der Waals surface area (Å²) in [5.41, 5.74) is 0. The normalized spacial score (nSPS) is 19.1. The van der Waals surface area contributed by atoms with Crippen LogP contribution >= 0.6 is 0 Å². The minimum atomic E-state index is -2.74. The molecule has 1 rings (SSSR count). The molecule has 0 saturated heterocycles. The van der Waals surface area contributed by atoms with E-state index < -0.39 is 9.84 Å². The van der Waals surface area contributed by atoms with Crippen molar-refractivity contribution in [3.8, 4) is 0 Å². The van der Waals surface area contributed by atoms with Crippen LogP contribution < -0.4 is 5.32 Å². The van der Waals surface area contributed by atoms with Crippen LogP contribution in [0.2, 0.25) is 0 Å². The van der Waals surface area contributed by atoms with Crippen LogP contribution in [0.5, 0.6) is 0 Å². The first-order valence-corrected chi connectivity index (χ1v) is 6.24. The van der Waals surface area contributed by atoms with E-state index in [-0.39, 0.29) is 5.25 Å². The van der Waals surface area contributed by atoms with Crippen LogP contribution in [-0.2, 0) is 9.84 Å². The second-order valence-corrected chi connectivity index (χ2v) is 5.78. The summed E-state index contributed by atoms with van der Waals surface area (Å²) in [6, 6.07) is 0. The van der Waals surface area contributed by atoms with Gasteiger partial charge in [0.2, 0.25) is 0 Å². The highest BCUT2D eigenvalue weighted by Crippen LogP contribution is 2.26. The number of nitrogens with one attached hydrogen (secondary N) is 1. The van der Waals surface area contributed by atoms with Crippen LogP contribution in [0.3, 0.4) is 0 Å². The maximum absolute atomic E-state index is 11.5. The molecule has 0 aromatic heterocycles. The highest BCUT2D eigenvalue weighted by atomic mass is 32.2. The summed E-state index contributed by atoms with van der Waals surface area (Å²) >= 11 is 0. The Balaban J connectivity index is 2.28. The van der Waals surface area contributed by atoms with Crippen molar-refractivity contribution in [3.05, 3.63) is 0 Å². The predicted molar refractivity (Wildman–Crippen MR) is 50.0 cm³/mol. The molecule has 72 valence electrons. The zero-order valence-corrected chi connectivity index (χ0v) is 8.36. The smallest absolute Gasteiger partial charge is 0.153 e. The topological polar surface area (TPSA) is 46.2 Å². The summed E-state index contributed by atoms with van der Waals surface area (Å²) in [6.45, 7) is 0.798. The Bertz CT molecular complexity index is 219. The first-order valence-electron chi connectivity index (χ1n) is 4.53. The quantitative estimate of drug-likeness (QED) is 0.646. The lowest BCUT2D eigenvalue weighted by atomic mass is 10.0. The van der Waals surface area contributed by atoms with Gasteiger partial charge < -0.3 is 5.32 Å². The highest BCUT2D eigenvalue weighted by Gasteiger charge is 2.30. The van der Waals surface area contributed by atoms with Gasteiger partial charge in [-0.3, -0.25) is 0 Å². The van der Waals surface area contributed by atoms with E-state index in [9.17, 15) is 8.42 Å². The number of hydrogen-bond acceptors (Lipinski definition) is 3. The summed E-state index contributed by atoms with van der Waals surface area (Å²) in [5.74, 6) is 0.360. The van der Waals surface area contributed by atoms with Crippen molar-refractivity contribution in [2.45, 2.75) is 30.9 Å². The minimum Gasteiger partial charge on any atom is -0.320 e. The summed E-state index contributed by atoms with van der Waals surface area (Å²) in [7, 11) is -0.893. The molecule has 0 unspecified atom stereocenters. The van der Waals surface area contributed by atoms with Gasteiger partial charge in [-0.25, -0.2) is 8.42 Å². The third-order valence-electron chi connectivity index (χ3n) is 2.42. The Kier molecular flexibility index (Phi) is 3.53. The van der Waals surface area contributed by atoms with Crippen molar-refractivity contribution in [2.75, 3.05) is 19.3 Å². The molecule has 1 aliphatic carbocycles. The van der Waals surface area contributed by atoms with Crippen molar-refractivity contribution in [3.63, 3.8) is 0 Å². The van der Waals surface area contributed by atoms with E-state index in [0.717, 1.165) is 32.2 Å². The molecule has 4 heteroatoms. The molecule has 0 amide bonds. The number of sulfone groups is 1. The van der Waals surface area contributed by atoms with Gasteiger partial charge >= 0.3 is 0 Å². The van der Waals surface area contributed by atoms with Crippen LogP contribution in [0, 0.1) is 0 Å². The second-order valence-electron chi connectivity index (χ2n) is 3.38. The van der Waals surface area contributed by atoms with Gasteiger partial charge in [0.15, 0.2) is 9.84 Å². The predicted octanol–water partition coefficient (Wildman–Crippen LogP) is 0.563. The van der Waals surface area contributed by atoms with E-state index in [2.05, 4.69) is 5.32 Å². The van der Waals surface area contributed by atoms with E-state index >= 15 is 0 Å². The summed E-state index contributed by atoms with van der Waals surface area (Å²) < 4.78 is 22.9. The van der Waals surface area contributed by atoms with Gasteiger partial charge in [0, 0.05) is 0 Å². The summed E-state index contributed by atoms with van der Waals surface area (Å²) in [5, 5.41) is 2.95. The fraction of sp³-hybridized carbons (Fsp3) is 1.00. The standard InChI is InChI=1S/C8H17NO2S/c1-9-6-3-7-12(10,11)8-4-2-5-8/h8-9H,2-7H2,1H3. The molecule has 0 spiro atoms. The highest BCUT2D eigenvalue weighted by molar-refractivity contribution is 7.92. The largest absolute Gasteiger partial charge is 0.320 e. The Hall–Kier alpha value is -0.0900. The molecule has 1 saturated carbocycles. The molecule has 0 heterocycles. The Morgan fingerprint density at radius 2 is 2.08 bits per heavy atom. The molecule has 3 nitrogen and oxygen atoms in total. The van der Waals surface area contributed by atoms with E-state index in [1.807, 2.05) is 7.05 Å². The van der Waals surface area contributed by atoms with Crippen molar-refractivity contribution in [1.82, 2.24) is 5.32 Å². The van der Waals surface area contributed by atoms with Crippen LogP contribution in [0.4, 0.5) is 0 Å². The third kappa shape index (κ3) is 2.45. The number of hydrogen-bond donors (Lipinski definition) is 1. The molecule has 0 atom stereocenters. The third-order valence-corrected chi connectivity index (χ3v) is 4.76. The van der Waals surface area contributed by atoms with Gasteiger partial charge in [0.25, 0.3) is 0 Å². The summed E-state index contributed by atoms with van der Waals surface area (Å²) in [4.78, 5) is 0. The van der Waals surface area contributed by atoms with Crippen molar-refractivity contribution >= 4 is 9.84 Å². The van der Waals surface area contributed by atoms with Gasteiger partial charge in [0.1, 0.15) is 0 Å². The van der Waals surface area contributed by atoms with Crippen molar-refractivity contribution < 1.29 is 8.42 Å². The van der Waals surface area contributed by atoms with E-state index in [1.54, 1.807) is 0 Å². The minimum absolute atomic E-state index is 0.00523. The molecule has 0 aromatic carbocycles. The summed E-state index contributed by atoms with van der Waals surface area (Å²) in [6.07, 6.45) is 3.62. The lowest BCUT2D eigenvalue weighted by Gasteiger charge is -2.24. The zero-order valence-electron chi connectivity index (χ0n) is 7.54. The SMILES string of the molecule is CNCCCS(=O)(=O)C1CCC1. The average molecular weight is 191 g/mol. The Morgan fingerprint density at radius 3 is 2.50 bits per heavy atom. The Morgan fingerprint density at radius 1 is 1.42 bits per heavy atom. The molecule has 1 aliphatic rings. The molecular weight excluding hydrogens is 174 g/mol. The fourth-order valence-corrected chi connectivity index (χ4v) is 3.28. The second kappa shape index (κ2) is 4.23. The van der Waals surface area contributed by atoms with Crippen molar-refractivity contribution in [2.24, 2.45) is 0 Å². The fourth-order valence-electron chi connectivity index (χ4n) is 1.35. The van der Waals surface area contributed by atoms with Gasteiger partial charge in [-0.05, 0) is 32.9 Å². The van der Waals surface area contributed by atoms with Gasteiger partial charge in [0.05, 0.1) is 11.0 Å². The van der Waals surface area contributed by atoms with E-state index in [1.165, 1.54) is 0 Å². The molecular formula is C8H17NO2S. The molecule has 0 radical (unpaired) electrons. The first kappa shape index (κ1) is 9.99. The van der Waals surface area contributed by atoms with Crippen LogP contribution in [-0.4, -0.2) is 33.0 Å². The molecule has 12 heavy (non-hydrogen) atoms. The van der Waals surface area contributed by atoms with Gasteiger partial charge in [-0.1, -0.05) is 6.42 Å². The van der Waals surface area contributed by atoms with Crippen LogP contribution in [0.1, 0.15) is 25.7 Å².